The number of rotatable bonds is 0. The predicted octanol–water partition coefficient (Wildman–Crippen LogP) is 0.451. The van der Waals surface area contributed by atoms with E-state index >= 15 is 0 Å². The maximum atomic E-state index is 12.9. The molecule has 0 bridgehead atoms. The molecule has 1 aromatic rings. The molecule has 0 aromatic carbocycles. The Kier molecular flexibility index (Phi) is 3.22. The summed E-state index contributed by atoms with van der Waals surface area (Å²) in [5.41, 5.74) is 7.75. The lowest BCUT2D eigenvalue weighted by Gasteiger charge is -2.48. The van der Waals surface area contributed by atoms with Gasteiger partial charge in [0.1, 0.15) is 0 Å². The fourth-order valence-electron chi connectivity index (χ4n) is 3.16. The topological polar surface area (TPSA) is 79.4 Å². The second kappa shape index (κ2) is 4.71. The molecule has 7 heteroatoms. The summed E-state index contributed by atoms with van der Waals surface area (Å²) >= 11 is 0. The van der Waals surface area contributed by atoms with Gasteiger partial charge in [0.25, 0.3) is 0 Å². The van der Waals surface area contributed by atoms with Crippen molar-refractivity contribution < 1.29 is 4.79 Å². The molecule has 3 heterocycles. The first-order chi connectivity index (χ1) is 9.81. The number of aromatic nitrogens is 2. The second-order valence-corrected chi connectivity index (χ2v) is 6.78. The third-order valence-corrected chi connectivity index (χ3v) is 4.80. The van der Waals surface area contributed by atoms with Gasteiger partial charge >= 0.3 is 6.03 Å². The van der Waals surface area contributed by atoms with E-state index < -0.39 is 0 Å². The molecule has 1 amide bonds. The third-order valence-electron chi connectivity index (χ3n) is 4.80. The monoisotopic (exact) mass is 292 g/mol. The Labute approximate surface area is 125 Å². The van der Waals surface area contributed by atoms with Gasteiger partial charge in [-0.3, -0.25) is 4.90 Å². The molecule has 7 nitrogen and oxygen atoms in total. The number of nitrogens with one attached hydrogen (secondary N) is 1. The zero-order valence-electron chi connectivity index (χ0n) is 13.2. The van der Waals surface area contributed by atoms with Crippen molar-refractivity contribution in [3.63, 3.8) is 0 Å². The Morgan fingerprint density at radius 2 is 2.14 bits per heavy atom. The molecule has 3 N–H and O–H groups in total. The number of piperazine rings is 1. The van der Waals surface area contributed by atoms with Crippen molar-refractivity contribution in [2.24, 2.45) is 0 Å². The van der Waals surface area contributed by atoms with Crippen molar-refractivity contribution in [2.75, 3.05) is 25.9 Å². The number of amides is 1. The lowest BCUT2D eigenvalue weighted by molar-refractivity contribution is 0.0257. The predicted molar refractivity (Wildman–Crippen MR) is 80.9 cm³/mol. The SMILES string of the molecule is C[C@H]1CN(C)C(C)(C)CN1C(=O)n1nc(N)c2c1CNC2. The highest BCUT2D eigenvalue weighted by Gasteiger charge is 2.39. The molecular formula is C14H24N6O. The Morgan fingerprint density at radius 1 is 1.43 bits per heavy atom. The maximum absolute atomic E-state index is 12.9. The van der Waals surface area contributed by atoms with Gasteiger partial charge in [0.05, 0.1) is 5.69 Å². The number of nitrogens with zero attached hydrogens (tertiary/aromatic N) is 4. The number of carbonyl (C=O) groups is 1. The molecule has 0 saturated carbocycles. The summed E-state index contributed by atoms with van der Waals surface area (Å²) in [6.45, 7) is 9.27. The fourth-order valence-corrected chi connectivity index (χ4v) is 3.16. The van der Waals surface area contributed by atoms with Crippen LogP contribution in [0, 0.1) is 0 Å². The average molecular weight is 292 g/mol. The van der Waals surface area contributed by atoms with Gasteiger partial charge in [-0.2, -0.15) is 4.68 Å². The summed E-state index contributed by atoms with van der Waals surface area (Å²) in [5, 5.41) is 7.48. The van der Waals surface area contributed by atoms with Crippen LogP contribution >= 0.6 is 0 Å². The summed E-state index contributed by atoms with van der Waals surface area (Å²) in [6, 6.07) is 0.0892. The molecule has 1 fully saturated rings. The molecule has 0 aliphatic carbocycles. The number of nitrogen functional groups attached to an aromatic ring is 1. The van der Waals surface area contributed by atoms with Gasteiger partial charge in [-0.1, -0.05) is 0 Å². The van der Waals surface area contributed by atoms with Crippen LogP contribution in [0.5, 0.6) is 0 Å². The Hall–Kier alpha value is -1.60. The van der Waals surface area contributed by atoms with E-state index in [1.807, 2.05) is 4.90 Å². The molecule has 2 aliphatic heterocycles. The van der Waals surface area contributed by atoms with Crippen LogP contribution in [0.3, 0.4) is 0 Å². The molecule has 2 aliphatic rings. The Morgan fingerprint density at radius 3 is 2.86 bits per heavy atom. The minimum atomic E-state index is -0.0691. The molecule has 1 saturated heterocycles. The molecule has 3 rings (SSSR count). The van der Waals surface area contributed by atoms with Gasteiger partial charge in [0, 0.05) is 43.3 Å². The Balaban J connectivity index is 1.90. The van der Waals surface area contributed by atoms with E-state index in [4.69, 9.17) is 5.73 Å². The highest BCUT2D eigenvalue weighted by molar-refractivity contribution is 5.79. The van der Waals surface area contributed by atoms with Crippen LogP contribution in [0.15, 0.2) is 0 Å². The summed E-state index contributed by atoms with van der Waals surface area (Å²) < 4.78 is 1.49. The van der Waals surface area contributed by atoms with Crippen LogP contribution in [-0.2, 0) is 13.1 Å². The molecule has 0 spiro atoms. The first-order valence-electron chi connectivity index (χ1n) is 7.40. The van der Waals surface area contributed by atoms with E-state index in [1.165, 1.54) is 4.68 Å². The van der Waals surface area contributed by atoms with Gasteiger partial charge in [-0.05, 0) is 27.8 Å². The number of likely N-dealkylation sites (N-methyl/N-ethyl adjacent to an activating group) is 1. The third kappa shape index (κ3) is 2.20. The lowest BCUT2D eigenvalue weighted by Crippen LogP contribution is -2.63. The lowest BCUT2D eigenvalue weighted by atomic mass is 9.97. The largest absolute Gasteiger partial charge is 0.382 e. The van der Waals surface area contributed by atoms with Crippen molar-refractivity contribution in [2.45, 2.75) is 45.4 Å². The zero-order valence-corrected chi connectivity index (χ0v) is 13.2. The number of hydrogen-bond donors (Lipinski definition) is 2. The van der Waals surface area contributed by atoms with E-state index in [0.29, 0.717) is 25.5 Å². The molecule has 1 aromatic heterocycles. The van der Waals surface area contributed by atoms with Crippen molar-refractivity contribution in [3.05, 3.63) is 11.3 Å². The van der Waals surface area contributed by atoms with Crippen molar-refractivity contribution in [3.8, 4) is 0 Å². The highest BCUT2D eigenvalue weighted by atomic mass is 16.2. The van der Waals surface area contributed by atoms with E-state index in [2.05, 4.69) is 43.1 Å². The van der Waals surface area contributed by atoms with Crippen LogP contribution in [0.2, 0.25) is 0 Å². The van der Waals surface area contributed by atoms with Gasteiger partial charge < -0.3 is 16.0 Å². The molecule has 21 heavy (non-hydrogen) atoms. The minimum absolute atomic E-state index is 0.0394. The molecule has 116 valence electrons. The first kappa shape index (κ1) is 14.3. The van der Waals surface area contributed by atoms with Crippen molar-refractivity contribution >= 4 is 11.8 Å². The number of anilines is 1. The molecule has 0 unspecified atom stereocenters. The fraction of sp³-hybridized carbons (Fsp3) is 0.714. The second-order valence-electron chi connectivity index (χ2n) is 6.78. The van der Waals surface area contributed by atoms with Gasteiger partial charge in [-0.15, -0.1) is 5.10 Å². The first-order valence-corrected chi connectivity index (χ1v) is 7.40. The van der Waals surface area contributed by atoms with Crippen LogP contribution in [0.1, 0.15) is 32.0 Å². The van der Waals surface area contributed by atoms with Crippen molar-refractivity contribution in [1.29, 1.82) is 0 Å². The van der Waals surface area contributed by atoms with Crippen molar-refractivity contribution in [1.82, 2.24) is 24.9 Å². The normalized spacial score (nSPS) is 25.1. The van der Waals surface area contributed by atoms with Gasteiger partial charge in [-0.25, -0.2) is 4.79 Å². The molecule has 0 radical (unpaired) electrons. The van der Waals surface area contributed by atoms with E-state index in [1.54, 1.807) is 0 Å². The van der Waals surface area contributed by atoms with Gasteiger partial charge in [0.2, 0.25) is 0 Å². The number of fused-ring (bicyclic) bond motifs is 1. The molecular weight excluding hydrogens is 268 g/mol. The number of hydrogen-bond acceptors (Lipinski definition) is 5. The number of carbonyl (C=O) groups excluding carboxylic acids is 1. The quantitative estimate of drug-likeness (QED) is 0.726. The van der Waals surface area contributed by atoms with Crippen LogP contribution in [0.25, 0.3) is 0 Å². The highest BCUT2D eigenvalue weighted by Crippen LogP contribution is 2.26. The van der Waals surface area contributed by atoms with E-state index in [0.717, 1.165) is 17.8 Å². The van der Waals surface area contributed by atoms with Gasteiger partial charge in [0.15, 0.2) is 5.82 Å². The van der Waals surface area contributed by atoms with E-state index in [9.17, 15) is 4.79 Å². The standard InChI is InChI=1S/C14H24N6O/c1-9-7-18(4)14(2,3)8-19(9)13(21)20-11-6-16-5-10(11)12(15)17-20/h9,16H,5-8H2,1-4H3,(H2,15,17)/t9-/m0/s1. The summed E-state index contributed by atoms with van der Waals surface area (Å²) in [6.07, 6.45) is 0. The average Bonchev–Trinajstić information content (AvgIpc) is 2.98. The summed E-state index contributed by atoms with van der Waals surface area (Å²) in [5.74, 6) is 0.462. The number of nitrogens with two attached hydrogens (primary N) is 1. The van der Waals surface area contributed by atoms with Crippen LogP contribution in [-0.4, -0.2) is 57.3 Å². The zero-order chi connectivity index (χ0) is 15.4. The van der Waals surface area contributed by atoms with E-state index in [-0.39, 0.29) is 17.6 Å². The molecule has 1 atom stereocenters. The summed E-state index contributed by atoms with van der Waals surface area (Å²) in [4.78, 5) is 17.1. The minimum Gasteiger partial charge on any atom is -0.382 e. The maximum Gasteiger partial charge on any atom is 0.345 e. The smallest absolute Gasteiger partial charge is 0.345 e. The Bertz CT molecular complexity index is 578. The van der Waals surface area contributed by atoms with Crippen LogP contribution < -0.4 is 11.1 Å². The van der Waals surface area contributed by atoms with Crippen LogP contribution in [0.4, 0.5) is 10.6 Å². The summed E-state index contributed by atoms with van der Waals surface area (Å²) in [7, 11) is 2.10.